The number of nitrogens with zero attached hydrogens (tertiary/aromatic N) is 3. The molecule has 0 aliphatic rings. The number of amides is 1. The fourth-order valence-electron chi connectivity index (χ4n) is 2.68. The summed E-state index contributed by atoms with van der Waals surface area (Å²) in [4.78, 5) is 24.4. The molecule has 1 aromatic heterocycles. The van der Waals surface area contributed by atoms with Crippen molar-refractivity contribution in [3.63, 3.8) is 0 Å². The van der Waals surface area contributed by atoms with E-state index in [2.05, 4.69) is 15.6 Å². The van der Waals surface area contributed by atoms with Gasteiger partial charge in [0.05, 0.1) is 32.3 Å². The first-order chi connectivity index (χ1) is 13.5. The maximum Gasteiger partial charge on any atom is 0.307 e. The third-order valence-corrected chi connectivity index (χ3v) is 4.39. The van der Waals surface area contributed by atoms with Crippen LogP contribution in [0.4, 0.5) is 0 Å². The van der Waals surface area contributed by atoms with E-state index in [1.165, 1.54) is 7.11 Å². The van der Waals surface area contributed by atoms with Crippen LogP contribution in [-0.2, 0) is 16.1 Å². The molecule has 28 heavy (non-hydrogen) atoms. The van der Waals surface area contributed by atoms with Gasteiger partial charge in [0.15, 0.2) is 5.69 Å². The predicted molar refractivity (Wildman–Crippen MR) is 104 cm³/mol. The first kappa shape index (κ1) is 19.6. The van der Waals surface area contributed by atoms with Crippen molar-refractivity contribution in [1.29, 1.82) is 0 Å². The highest BCUT2D eigenvalue weighted by atomic mass is 35.5. The van der Waals surface area contributed by atoms with Gasteiger partial charge in [0.25, 0.3) is 5.91 Å². The topological polar surface area (TPSA) is 86.1 Å². The molecular weight excluding hydrogens is 380 g/mol. The van der Waals surface area contributed by atoms with E-state index in [1.807, 2.05) is 30.3 Å². The molecule has 0 aliphatic carbocycles. The van der Waals surface area contributed by atoms with Gasteiger partial charge in [0, 0.05) is 5.02 Å². The van der Waals surface area contributed by atoms with Crippen LogP contribution in [0.3, 0.4) is 0 Å². The monoisotopic (exact) mass is 398 g/mol. The number of rotatable bonds is 7. The fraction of sp³-hybridized carbons (Fsp3) is 0.200. The lowest BCUT2D eigenvalue weighted by molar-refractivity contribution is -0.141. The molecule has 3 aromatic rings. The van der Waals surface area contributed by atoms with E-state index in [4.69, 9.17) is 16.3 Å². The second-order valence-corrected chi connectivity index (χ2v) is 6.58. The van der Waals surface area contributed by atoms with Gasteiger partial charge in [-0.15, -0.1) is 5.10 Å². The molecule has 0 radical (unpaired) electrons. The van der Waals surface area contributed by atoms with E-state index in [-0.39, 0.29) is 12.1 Å². The zero-order valence-electron chi connectivity index (χ0n) is 15.2. The number of ether oxygens (including phenoxy) is 1. The molecule has 0 spiro atoms. The van der Waals surface area contributed by atoms with Crippen molar-refractivity contribution in [2.75, 3.05) is 7.11 Å². The Kier molecular flexibility index (Phi) is 6.39. The van der Waals surface area contributed by atoms with Crippen LogP contribution in [0.2, 0.25) is 5.02 Å². The van der Waals surface area contributed by atoms with Gasteiger partial charge < -0.3 is 10.1 Å². The lowest BCUT2D eigenvalue weighted by atomic mass is 10.0. The van der Waals surface area contributed by atoms with Crippen molar-refractivity contribution in [2.45, 2.75) is 19.0 Å². The maximum atomic E-state index is 12.6. The summed E-state index contributed by atoms with van der Waals surface area (Å²) in [5.74, 6) is -0.865. The molecule has 0 bridgehead atoms. The van der Waals surface area contributed by atoms with Gasteiger partial charge in [-0.25, -0.2) is 4.68 Å². The Morgan fingerprint density at radius 2 is 1.86 bits per heavy atom. The standard InChI is InChI=1S/C20H19ClN4O3/c1-28-19(26)11-17(15-7-9-16(21)10-8-15)22-20(27)18-13-25(24-23-18)12-14-5-3-2-4-6-14/h2-10,13,17H,11-12H2,1H3,(H,22,27). The Bertz CT molecular complexity index is 942. The van der Waals surface area contributed by atoms with Gasteiger partial charge in [0.2, 0.25) is 0 Å². The van der Waals surface area contributed by atoms with E-state index in [9.17, 15) is 9.59 Å². The van der Waals surface area contributed by atoms with E-state index in [0.29, 0.717) is 11.6 Å². The number of carbonyl (C=O) groups is 2. The predicted octanol–water partition coefficient (Wildman–Crippen LogP) is 3.01. The Hall–Kier alpha value is -3.19. The molecule has 144 valence electrons. The number of benzene rings is 2. The summed E-state index contributed by atoms with van der Waals surface area (Å²) >= 11 is 5.92. The summed E-state index contributed by atoms with van der Waals surface area (Å²) in [6, 6.07) is 16.1. The molecule has 1 heterocycles. The molecule has 0 saturated carbocycles. The number of hydrogen-bond donors (Lipinski definition) is 1. The normalized spacial score (nSPS) is 11.6. The highest BCUT2D eigenvalue weighted by Gasteiger charge is 2.21. The van der Waals surface area contributed by atoms with Gasteiger partial charge >= 0.3 is 5.97 Å². The third-order valence-electron chi connectivity index (χ3n) is 4.13. The molecule has 7 nitrogen and oxygen atoms in total. The Morgan fingerprint density at radius 3 is 2.54 bits per heavy atom. The summed E-state index contributed by atoms with van der Waals surface area (Å²) in [6.07, 6.45) is 1.56. The summed E-state index contributed by atoms with van der Waals surface area (Å²) in [6.45, 7) is 0.504. The highest BCUT2D eigenvalue weighted by molar-refractivity contribution is 6.30. The number of carbonyl (C=O) groups excluding carboxylic acids is 2. The van der Waals surface area contributed by atoms with Crippen LogP contribution < -0.4 is 5.32 Å². The summed E-state index contributed by atoms with van der Waals surface area (Å²) in [5.41, 5.74) is 1.95. The van der Waals surface area contributed by atoms with Crippen LogP contribution in [-0.4, -0.2) is 34.0 Å². The zero-order valence-corrected chi connectivity index (χ0v) is 16.0. The molecule has 1 amide bonds. The van der Waals surface area contributed by atoms with Gasteiger partial charge in [0.1, 0.15) is 0 Å². The van der Waals surface area contributed by atoms with E-state index >= 15 is 0 Å². The Balaban J connectivity index is 1.72. The van der Waals surface area contributed by atoms with Crippen molar-refractivity contribution in [1.82, 2.24) is 20.3 Å². The van der Waals surface area contributed by atoms with Crippen molar-refractivity contribution in [2.24, 2.45) is 0 Å². The number of methoxy groups -OCH3 is 1. The van der Waals surface area contributed by atoms with Crippen LogP contribution in [0, 0.1) is 0 Å². The second-order valence-electron chi connectivity index (χ2n) is 6.14. The van der Waals surface area contributed by atoms with Crippen molar-refractivity contribution < 1.29 is 14.3 Å². The van der Waals surface area contributed by atoms with E-state index in [0.717, 1.165) is 11.1 Å². The van der Waals surface area contributed by atoms with Crippen molar-refractivity contribution in [3.05, 3.63) is 82.6 Å². The quantitative estimate of drug-likeness (QED) is 0.618. The number of nitrogens with one attached hydrogen (secondary N) is 1. The largest absolute Gasteiger partial charge is 0.469 e. The number of esters is 1. The minimum absolute atomic E-state index is 0.0119. The average molecular weight is 399 g/mol. The second kappa shape index (κ2) is 9.14. The molecule has 3 rings (SSSR count). The van der Waals surface area contributed by atoms with Gasteiger partial charge in [-0.3, -0.25) is 9.59 Å². The highest BCUT2D eigenvalue weighted by Crippen LogP contribution is 2.20. The lowest BCUT2D eigenvalue weighted by Gasteiger charge is -2.17. The SMILES string of the molecule is COC(=O)CC(NC(=O)c1cn(Cc2ccccc2)nn1)c1ccc(Cl)cc1. The molecule has 0 aliphatic heterocycles. The molecule has 0 saturated heterocycles. The van der Waals surface area contributed by atoms with Gasteiger partial charge in [-0.2, -0.15) is 0 Å². The summed E-state index contributed by atoms with van der Waals surface area (Å²) in [5, 5.41) is 11.3. The molecular formula is C20H19ClN4O3. The average Bonchev–Trinajstić information content (AvgIpc) is 3.17. The van der Waals surface area contributed by atoms with E-state index in [1.54, 1.807) is 35.1 Å². The van der Waals surface area contributed by atoms with Crippen LogP contribution >= 0.6 is 11.6 Å². The number of halogens is 1. The smallest absolute Gasteiger partial charge is 0.307 e. The van der Waals surface area contributed by atoms with E-state index < -0.39 is 17.9 Å². The van der Waals surface area contributed by atoms with Crippen LogP contribution in [0.1, 0.15) is 34.1 Å². The minimum Gasteiger partial charge on any atom is -0.469 e. The van der Waals surface area contributed by atoms with Crippen molar-refractivity contribution >= 4 is 23.5 Å². The van der Waals surface area contributed by atoms with Crippen molar-refractivity contribution in [3.8, 4) is 0 Å². The van der Waals surface area contributed by atoms with Gasteiger partial charge in [-0.1, -0.05) is 59.3 Å². The van der Waals surface area contributed by atoms with Crippen LogP contribution in [0.5, 0.6) is 0 Å². The molecule has 1 unspecified atom stereocenters. The zero-order chi connectivity index (χ0) is 19.9. The summed E-state index contributed by atoms with van der Waals surface area (Å²) < 4.78 is 6.32. The first-order valence-corrected chi connectivity index (χ1v) is 9.00. The molecule has 1 N–H and O–H groups in total. The molecule has 1 atom stereocenters. The Labute approximate surface area is 167 Å². The number of aromatic nitrogens is 3. The van der Waals surface area contributed by atoms with Crippen LogP contribution in [0.25, 0.3) is 0 Å². The maximum absolute atomic E-state index is 12.6. The minimum atomic E-state index is -0.573. The third kappa shape index (κ3) is 5.17. The molecule has 8 heteroatoms. The van der Waals surface area contributed by atoms with Gasteiger partial charge in [-0.05, 0) is 23.3 Å². The summed E-state index contributed by atoms with van der Waals surface area (Å²) in [7, 11) is 1.30. The molecule has 0 fully saturated rings. The lowest BCUT2D eigenvalue weighted by Crippen LogP contribution is -2.30. The fourth-order valence-corrected chi connectivity index (χ4v) is 2.81. The van der Waals surface area contributed by atoms with Crippen LogP contribution in [0.15, 0.2) is 60.8 Å². The number of hydrogen-bond acceptors (Lipinski definition) is 5. The molecule has 2 aromatic carbocycles. The first-order valence-electron chi connectivity index (χ1n) is 8.62. The Morgan fingerprint density at radius 1 is 1.14 bits per heavy atom.